The molecule has 1 aliphatic rings. The Morgan fingerprint density at radius 1 is 1.50 bits per heavy atom. The molecule has 4 nitrogen and oxygen atoms in total. The van der Waals surface area contributed by atoms with Crippen molar-refractivity contribution < 1.29 is 14.6 Å². The van der Waals surface area contributed by atoms with Crippen LogP contribution in [0.3, 0.4) is 0 Å². The molecule has 0 spiro atoms. The molecule has 0 aromatic heterocycles. The zero-order valence-electron chi connectivity index (χ0n) is 10.4. The van der Waals surface area contributed by atoms with Gasteiger partial charge in [0.25, 0.3) is 0 Å². The smallest absolute Gasteiger partial charge is 0.306 e. The van der Waals surface area contributed by atoms with E-state index in [-0.39, 0.29) is 5.92 Å². The lowest BCUT2D eigenvalue weighted by atomic mass is 9.79. The fraction of sp³-hybridized carbons (Fsp3) is 0.462. The van der Waals surface area contributed by atoms with Crippen LogP contribution in [0, 0.1) is 5.92 Å². The molecule has 2 rings (SSSR count). The molecule has 0 heterocycles. The topological polar surface area (TPSA) is 49.8 Å². The first-order valence-electron chi connectivity index (χ1n) is 5.82. The van der Waals surface area contributed by atoms with E-state index < -0.39 is 5.97 Å². The van der Waals surface area contributed by atoms with Gasteiger partial charge in [0.05, 0.1) is 17.5 Å². The summed E-state index contributed by atoms with van der Waals surface area (Å²) in [5.41, 5.74) is 1.07. The van der Waals surface area contributed by atoms with Crippen molar-refractivity contribution in [2.75, 3.05) is 19.1 Å². The average molecular weight is 314 g/mol. The molecular formula is C13H16BrNO3. The van der Waals surface area contributed by atoms with Crippen molar-refractivity contribution >= 4 is 27.6 Å². The van der Waals surface area contributed by atoms with Crippen LogP contribution < -0.4 is 9.64 Å². The highest BCUT2D eigenvalue weighted by atomic mass is 79.9. The first-order valence-corrected chi connectivity index (χ1v) is 6.61. The lowest BCUT2D eigenvalue weighted by Crippen LogP contribution is -2.45. The number of ether oxygens (including phenoxy) is 1. The molecule has 1 fully saturated rings. The van der Waals surface area contributed by atoms with Gasteiger partial charge in [-0.1, -0.05) is 0 Å². The minimum absolute atomic E-state index is 0.181. The normalized spacial score (nSPS) is 22.2. The van der Waals surface area contributed by atoms with Crippen molar-refractivity contribution in [2.24, 2.45) is 5.92 Å². The van der Waals surface area contributed by atoms with Crippen LogP contribution in [0.25, 0.3) is 0 Å². The second-order valence-corrected chi connectivity index (χ2v) is 5.44. The number of halogens is 1. The fourth-order valence-electron chi connectivity index (χ4n) is 2.19. The molecule has 0 bridgehead atoms. The van der Waals surface area contributed by atoms with Crippen LogP contribution in [-0.2, 0) is 4.79 Å². The maximum absolute atomic E-state index is 10.8. The maximum atomic E-state index is 10.8. The summed E-state index contributed by atoms with van der Waals surface area (Å²) in [6, 6.07) is 6.19. The quantitative estimate of drug-likeness (QED) is 0.928. The van der Waals surface area contributed by atoms with Gasteiger partial charge in [-0.25, -0.2) is 0 Å². The second-order valence-electron chi connectivity index (χ2n) is 4.59. The number of carbonyl (C=O) groups is 1. The molecule has 98 valence electrons. The molecular weight excluding hydrogens is 298 g/mol. The molecule has 0 radical (unpaired) electrons. The summed E-state index contributed by atoms with van der Waals surface area (Å²) in [5, 5.41) is 8.87. The molecule has 0 atom stereocenters. The predicted molar refractivity (Wildman–Crippen MR) is 73.2 cm³/mol. The van der Waals surface area contributed by atoms with Crippen molar-refractivity contribution in [2.45, 2.75) is 18.9 Å². The van der Waals surface area contributed by atoms with E-state index >= 15 is 0 Å². The van der Waals surface area contributed by atoms with Gasteiger partial charge in [-0.15, -0.1) is 0 Å². The van der Waals surface area contributed by atoms with Crippen LogP contribution in [0.5, 0.6) is 5.75 Å². The monoisotopic (exact) mass is 313 g/mol. The van der Waals surface area contributed by atoms with E-state index in [0.717, 1.165) is 28.8 Å². The van der Waals surface area contributed by atoms with Gasteiger partial charge in [0.15, 0.2) is 0 Å². The average Bonchev–Trinajstić information content (AvgIpc) is 2.26. The Labute approximate surface area is 115 Å². The third-order valence-corrected chi connectivity index (χ3v) is 4.17. The molecule has 0 saturated heterocycles. The number of benzene rings is 1. The summed E-state index contributed by atoms with van der Waals surface area (Å²) in [6.45, 7) is 0. The van der Waals surface area contributed by atoms with Crippen LogP contribution in [0.4, 0.5) is 5.69 Å². The van der Waals surface area contributed by atoms with Crippen LogP contribution >= 0.6 is 15.9 Å². The van der Waals surface area contributed by atoms with Gasteiger partial charge in [0, 0.05) is 18.8 Å². The first kappa shape index (κ1) is 13.2. The van der Waals surface area contributed by atoms with E-state index in [9.17, 15) is 4.79 Å². The standard InChI is InChI=1S/C13H16BrNO3/c1-15(10-5-8(6-10)13(16)17)9-3-4-12(18-2)11(14)7-9/h3-4,7-8,10H,5-6H2,1-2H3,(H,16,17). The number of nitrogens with zero attached hydrogens (tertiary/aromatic N) is 1. The highest BCUT2D eigenvalue weighted by Gasteiger charge is 2.36. The molecule has 18 heavy (non-hydrogen) atoms. The first-order chi connectivity index (χ1) is 8.52. The van der Waals surface area contributed by atoms with Gasteiger partial charge in [0.2, 0.25) is 0 Å². The Morgan fingerprint density at radius 2 is 2.17 bits per heavy atom. The molecule has 0 aliphatic heterocycles. The summed E-state index contributed by atoms with van der Waals surface area (Å²) in [5.74, 6) is -0.0705. The largest absolute Gasteiger partial charge is 0.496 e. The SMILES string of the molecule is COc1ccc(N(C)C2CC(C(=O)O)C2)cc1Br. The molecule has 1 aromatic carbocycles. The number of carboxylic acids is 1. The van der Waals surface area contributed by atoms with Crippen molar-refractivity contribution in [3.63, 3.8) is 0 Å². The predicted octanol–water partition coefficient (Wildman–Crippen LogP) is 2.76. The van der Waals surface area contributed by atoms with E-state index in [1.54, 1.807) is 7.11 Å². The number of aliphatic carboxylic acids is 1. The minimum atomic E-state index is -0.685. The molecule has 5 heteroatoms. The Balaban J connectivity index is 2.04. The highest BCUT2D eigenvalue weighted by molar-refractivity contribution is 9.10. The lowest BCUT2D eigenvalue weighted by Gasteiger charge is -2.40. The summed E-state index contributed by atoms with van der Waals surface area (Å²) in [7, 11) is 3.63. The van der Waals surface area contributed by atoms with Gasteiger partial charge in [0.1, 0.15) is 5.75 Å². The lowest BCUT2D eigenvalue weighted by molar-refractivity contribution is -0.145. The zero-order chi connectivity index (χ0) is 13.3. The number of anilines is 1. The van der Waals surface area contributed by atoms with Crippen molar-refractivity contribution in [3.05, 3.63) is 22.7 Å². The Bertz CT molecular complexity index is 458. The van der Waals surface area contributed by atoms with E-state index in [1.807, 2.05) is 25.2 Å². The molecule has 1 saturated carbocycles. The van der Waals surface area contributed by atoms with E-state index in [4.69, 9.17) is 9.84 Å². The molecule has 0 unspecified atom stereocenters. The van der Waals surface area contributed by atoms with Crippen molar-refractivity contribution in [1.29, 1.82) is 0 Å². The van der Waals surface area contributed by atoms with Gasteiger partial charge in [-0.05, 0) is 47.0 Å². The van der Waals surface area contributed by atoms with E-state index in [0.29, 0.717) is 6.04 Å². The summed E-state index contributed by atoms with van der Waals surface area (Å²) in [6.07, 6.45) is 1.44. The number of methoxy groups -OCH3 is 1. The van der Waals surface area contributed by atoms with E-state index in [2.05, 4.69) is 20.8 Å². The summed E-state index contributed by atoms with van der Waals surface area (Å²) in [4.78, 5) is 12.9. The zero-order valence-corrected chi connectivity index (χ0v) is 12.0. The molecule has 0 amide bonds. The molecule has 1 N–H and O–H groups in total. The second kappa shape index (κ2) is 5.18. The van der Waals surface area contributed by atoms with Gasteiger partial charge in [-0.2, -0.15) is 0 Å². The fourth-order valence-corrected chi connectivity index (χ4v) is 2.72. The Kier molecular flexibility index (Phi) is 3.80. The third-order valence-electron chi connectivity index (χ3n) is 3.55. The number of hydrogen-bond acceptors (Lipinski definition) is 3. The Hall–Kier alpha value is -1.23. The number of hydrogen-bond donors (Lipinski definition) is 1. The van der Waals surface area contributed by atoms with Gasteiger partial charge >= 0.3 is 5.97 Å². The van der Waals surface area contributed by atoms with Gasteiger partial charge < -0.3 is 14.7 Å². The summed E-state index contributed by atoms with van der Waals surface area (Å²) < 4.78 is 6.09. The van der Waals surface area contributed by atoms with Crippen LogP contribution in [0.2, 0.25) is 0 Å². The number of rotatable bonds is 4. The van der Waals surface area contributed by atoms with Crippen molar-refractivity contribution in [3.8, 4) is 5.75 Å². The Morgan fingerprint density at radius 3 is 2.67 bits per heavy atom. The third kappa shape index (κ3) is 2.46. The van der Waals surface area contributed by atoms with Crippen LogP contribution in [0.1, 0.15) is 12.8 Å². The molecule has 1 aliphatic carbocycles. The van der Waals surface area contributed by atoms with Gasteiger partial charge in [-0.3, -0.25) is 4.79 Å². The number of carboxylic acid groups (broad SMARTS) is 1. The van der Waals surface area contributed by atoms with Crippen molar-refractivity contribution in [1.82, 2.24) is 0 Å². The van der Waals surface area contributed by atoms with Crippen LogP contribution in [-0.4, -0.2) is 31.3 Å². The minimum Gasteiger partial charge on any atom is -0.496 e. The van der Waals surface area contributed by atoms with E-state index in [1.165, 1.54) is 0 Å². The maximum Gasteiger partial charge on any atom is 0.306 e. The molecule has 1 aromatic rings. The summed E-state index contributed by atoms with van der Waals surface area (Å²) >= 11 is 3.45. The van der Waals surface area contributed by atoms with Crippen LogP contribution in [0.15, 0.2) is 22.7 Å². The highest BCUT2D eigenvalue weighted by Crippen LogP contribution is 2.36.